The van der Waals surface area contributed by atoms with E-state index in [0.29, 0.717) is 28.3 Å². The first kappa shape index (κ1) is 18.8. The number of carboxylic acid groups (broad SMARTS) is 1. The Morgan fingerprint density at radius 1 is 1.13 bits per heavy atom. The molecule has 1 aliphatic carbocycles. The van der Waals surface area contributed by atoms with Gasteiger partial charge in [-0.3, -0.25) is 4.79 Å². The van der Waals surface area contributed by atoms with Crippen molar-refractivity contribution in [3.05, 3.63) is 99.8 Å². The zero-order valence-electron chi connectivity index (χ0n) is 15.8. The molecule has 150 valence electrons. The van der Waals surface area contributed by atoms with Gasteiger partial charge in [0.05, 0.1) is 17.5 Å². The maximum Gasteiger partial charge on any atom is 0.335 e. The lowest BCUT2D eigenvalue weighted by molar-refractivity contribution is -0.120. The van der Waals surface area contributed by atoms with Crippen LogP contribution in [-0.2, 0) is 16.8 Å². The minimum Gasteiger partial charge on any atom is -0.478 e. The number of anilines is 1. The Labute approximate surface area is 177 Å². The van der Waals surface area contributed by atoms with Crippen molar-refractivity contribution >= 4 is 29.2 Å². The van der Waals surface area contributed by atoms with Crippen LogP contribution >= 0.6 is 11.6 Å². The summed E-state index contributed by atoms with van der Waals surface area (Å²) in [6.07, 6.45) is 0.607. The standard InChI is InChI=1S/C24H17ClFNO3/c25-17-6-4-15(5-7-17)20-12-24(20)19-11-18(26)8-9-21(19)27(23(24)30)13-14-2-1-3-16(10-14)22(28)29/h1-11,20H,12-13H2,(H,28,29)/t20-,24-/m1/s1. The van der Waals surface area contributed by atoms with Crippen LogP contribution in [0.15, 0.2) is 66.7 Å². The molecule has 1 N–H and O–H groups in total. The van der Waals surface area contributed by atoms with Gasteiger partial charge in [-0.2, -0.15) is 0 Å². The molecule has 0 aromatic heterocycles. The van der Waals surface area contributed by atoms with Crippen molar-refractivity contribution in [1.82, 2.24) is 0 Å². The summed E-state index contributed by atoms with van der Waals surface area (Å²) in [5.41, 5.74) is 2.46. The molecule has 0 saturated heterocycles. The molecular formula is C24H17ClFNO3. The maximum atomic E-state index is 14.1. The lowest BCUT2D eigenvalue weighted by Gasteiger charge is -2.19. The number of benzene rings is 3. The summed E-state index contributed by atoms with van der Waals surface area (Å²) >= 11 is 6.00. The molecule has 2 atom stereocenters. The summed E-state index contributed by atoms with van der Waals surface area (Å²) in [5, 5.41) is 9.87. The number of fused-ring (bicyclic) bond motifs is 2. The second kappa shape index (κ2) is 6.67. The van der Waals surface area contributed by atoms with Crippen LogP contribution < -0.4 is 4.90 Å². The highest BCUT2D eigenvalue weighted by Crippen LogP contribution is 2.66. The molecule has 1 saturated carbocycles. The Balaban J connectivity index is 1.54. The predicted molar refractivity (Wildman–Crippen MR) is 111 cm³/mol. The summed E-state index contributed by atoms with van der Waals surface area (Å²) in [6.45, 7) is 0.230. The highest BCUT2D eigenvalue weighted by molar-refractivity contribution is 6.30. The fraction of sp³-hybridized carbons (Fsp3) is 0.167. The summed E-state index contributed by atoms with van der Waals surface area (Å²) in [5.74, 6) is -1.52. The van der Waals surface area contributed by atoms with E-state index in [-0.39, 0.29) is 29.8 Å². The second-order valence-corrected chi connectivity index (χ2v) is 8.27. The van der Waals surface area contributed by atoms with Crippen molar-refractivity contribution in [3.8, 4) is 0 Å². The number of hydrogen-bond acceptors (Lipinski definition) is 2. The summed E-state index contributed by atoms with van der Waals surface area (Å²) in [4.78, 5) is 26.5. The summed E-state index contributed by atoms with van der Waals surface area (Å²) in [6, 6.07) is 18.4. The molecule has 4 nitrogen and oxygen atoms in total. The SMILES string of the molecule is O=C(O)c1cccc(CN2C(=O)[C@]3(C[C@@H]3c3ccc(Cl)cc3)c3cc(F)ccc32)c1. The van der Waals surface area contributed by atoms with Crippen LogP contribution in [-0.4, -0.2) is 17.0 Å². The molecule has 0 unspecified atom stereocenters. The molecule has 1 spiro atoms. The number of carbonyl (C=O) groups is 2. The van der Waals surface area contributed by atoms with Crippen molar-refractivity contribution in [2.45, 2.75) is 24.3 Å². The van der Waals surface area contributed by atoms with E-state index in [0.717, 1.165) is 5.56 Å². The van der Waals surface area contributed by atoms with Crippen LogP contribution in [0, 0.1) is 5.82 Å². The molecule has 1 heterocycles. The molecule has 1 amide bonds. The average molecular weight is 422 g/mol. The molecular weight excluding hydrogens is 405 g/mol. The second-order valence-electron chi connectivity index (χ2n) is 7.84. The molecule has 0 radical (unpaired) electrons. The van der Waals surface area contributed by atoms with Crippen molar-refractivity contribution in [1.29, 1.82) is 0 Å². The van der Waals surface area contributed by atoms with Gasteiger partial charge in [-0.25, -0.2) is 9.18 Å². The van der Waals surface area contributed by atoms with Crippen LogP contribution in [0.2, 0.25) is 5.02 Å². The zero-order chi connectivity index (χ0) is 21.0. The molecule has 1 fully saturated rings. The largest absolute Gasteiger partial charge is 0.478 e. The first-order valence-electron chi connectivity index (χ1n) is 9.60. The minimum absolute atomic E-state index is 0.0434. The van der Waals surface area contributed by atoms with E-state index in [4.69, 9.17) is 11.6 Å². The van der Waals surface area contributed by atoms with E-state index < -0.39 is 11.4 Å². The van der Waals surface area contributed by atoms with Gasteiger partial charge in [0.2, 0.25) is 5.91 Å². The van der Waals surface area contributed by atoms with E-state index in [1.165, 1.54) is 18.2 Å². The molecule has 30 heavy (non-hydrogen) atoms. The van der Waals surface area contributed by atoms with Gasteiger partial charge >= 0.3 is 5.97 Å². The molecule has 6 heteroatoms. The molecule has 5 rings (SSSR count). The van der Waals surface area contributed by atoms with Crippen LogP contribution in [0.3, 0.4) is 0 Å². The number of carbonyl (C=O) groups excluding carboxylic acids is 1. The lowest BCUT2D eigenvalue weighted by atomic mass is 9.92. The van der Waals surface area contributed by atoms with Gasteiger partial charge in [0.25, 0.3) is 0 Å². The predicted octanol–water partition coefficient (Wildman–Crippen LogP) is 5.15. The Morgan fingerprint density at radius 2 is 1.90 bits per heavy atom. The zero-order valence-corrected chi connectivity index (χ0v) is 16.6. The molecule has 3 aromatic carbocycles. The lowest BCUT2D eigenvalue weighted by Crippen LogP contribution is -2.32. The Hall–Kier alpha value is -3.18. The topological polar surface area (TPSA) is 57.6 Å². The van der Waals surface area contributed by atoms with Crippen LogP contribution in [0.4, 0.5) is 10.1 Å². The van der Waals surface area contributed by atoms with Crippen LogP contribution in [0.25, 0.3) is 0 Å². The summed E-state index contributed by atoms with van der Waals surface area (Å²) in [7, 11) is 0. The van der Waals surface area contributed by atoms with Crippen molar-refractivity contribution in [2.24, 2.45) is 0 Å². The van der Waals surface area contributed by atoms with E-state index in [1.54, 1.807) is 41.3 Å². The van der Waals surface area contributed by atoms with Crippen LogP contribution in [0.5, 0.6) is 0 Å². The van der Waals surface area contributed by atoms with Gasteiger partial charge in [0.15, 0.2) is 0 Å². The van der Waals surface area contributed by atoms with E-state index in [1.807, 2.05) is 12.1 Å². The van der Waals surface area contributed by atoms with Gasteiger partial charge in [0, 0.05) is 16.6 Å². The number of rotatable bonds is 4. The highest BCUT2D eigenvalue weighted by Gasteiger charge is 2.67. The molecule has 0 bridgehead atoms. The number of amides is 1. The van der Waals surface area contributed by atoms with Gasteiger partial charge in [-0.05, 0) is 65.6 Å². The van der Waals surface area contributed by atoms with Gasteiger partial charge in [0.1, 0.15) is 5.82 Å². The smallest absolute Gasteiger partial charge is 0.335 e. The first-order chi connectivity index (χ1) is 14.4. The number of carboxylic acids is 1. The Bertz CT molecular complexity index is 1190. The fourth-order valence-corrected chi connectivity index (χ4v) is 4.73. The van der Waals surface area contributed by atoms with Crippen molar-refractivity contribution in [2.75, 3.05) is 4.90 Å². The van der Waals surface area contributed by atoms with Crippen molar-refractivity contribution in [3.63, 3.8) is 0 Å². The van der Waals surface area contributed by atoms with E-state index in [9.17, 15) is 19.1 Å². The van der Waals surface area contributed by atoms with Gasteiger partial charge in [-0.1, -0.05) is 35.9 Å². The van der Waals surface area contributed by atoms with Crippen molar-refractivity contribution < 1.29 is 19.1 Å². The Kier molecular flexibility index (Phi) is 4.19. The normalized spacial score (nSPS) is 21.7. The number of hydrogen-bond donors (Lipinski definition) is 1. The quantitative estimate of drug-likeness (QED) is 0.633. The molecule has 3 aromatic rings. The molecule has 1 aliphatic heterocycles. The fourth-order valence-electron chi connectivity index (χ4n) is 4.60. The monoisotopic (exact) mass is 421 g/mol. The first-order valence-corrected chi connectivity index (χ1v) is 9.97. The van der Waals surface area contributed by atoms with Gasteiger partial charge < -0.3 is 10.0 Å². The third kappa shape index (κ3) is 2.81. The highest BCUT2D eigenvalue weighted by atomic mass is 35.5. The summed E-state index contributed by atoms with van der Waals surface area (Å²) < 4.78 is 14.1. The van der Waals surface area contributed by atoms with E-state index in [2.05, 4.69) is 0 Å². The Morgan fingerprint density at radius 3 is 2.63 bits per heavy atom. The van der Waals surface area contributed by atoms with Gasteiger partial charge in [-0.15, -0.1) is 0 Å². The third-order valence-electron chi connectivity index (χ3n) is 6.10. The number of nitrogens with zero attached hydrogens (tertiary/aromatic N) is 1. The molecule has 2 aliphatic rings. The minimum atomic E-state index is -1.02. The number of halogens is 2. The average Bonchev–Trinajstić information content (AvgIpc) is 3.45. The van der Waals surface area contributed by atoms with E-state index >= 15 is 0 Å². The van der Waals surface area contributed by atoms with Crippen LogP contribution in [0.1, 0.15) is 39.4 Å². The third-order valence-corrected chi connectivity index (χ3v) is 6.36. The maximum absolute atomic E-state index is 14.1. The number of aromatic carboxylic acids is 1.